The molecule has 1 heterocycles. The van der Waals surface area contributed by atoms with Crippen molar-refractivity contribution >= 4 is 28.0 Å². The Morgan fingerprint density at radius 3 is 2.14 bits per heavy atom. The molecule has 2 aromatic carbocycles. The number of carbonyl (C=O) groups excluding carboxylic acids is 2. The Balaban J connectivity index is 1.69. The Labute approximate surface area is 163 Å². The van der Waals surface area contributed by atoms with E-state index in [1.165, 1.54) is 48.5 Å². The van der Waals surface area contributed by atoms with Crippen LogP contribution in [0.25, 0.3) is 0 Å². The number of nitrogens with zero attached hydrogens (tertiary/aromatic N) is 3. The number of anilines is 1. The SMILES string of the molecule is N#Cc1ccc(NS(=O)(=O)c2ccc(C(=O)N3CCN(C=O)CC3)cc2)cc1. The first kappa shape index (κ1) is 19.4. The molecular weight excluding hydrogens is 380 g/mol. The van der Waals surface area contributed by atoms with Gasteiger partial charge in [0.05, 0.1) is 16.5 Å². The van der Waals surface area contributed by atoms with Gasteiger partial charge in [0.2, 0.25) is 6.41 Å². The minimum Gasteiger partial charge on any atom is -0.342 e. The summed E-state index contributed by atoms with van der Waals surface area (Å²) in [5.74, 6) is -0.199. The molecule has 0 aromatic heterocycles. The van der Waals surface area contributed by atoms with E-state index in [1.54, 1.807) is 9.80 Å². The Morgan fingerprint density at radius 2 is 1.61 bits per heavy atom. The molecule has 0 saturated carbocycles. The molecule has 1 fully saturated rings. The van der Waals surface area contributed by atoms with Gasteiger partial charge in [-0.1, -0.05) is 0 Å². The largest absolute Gasteiger partial charge is 0.342 e. The number of benzene rings is 2. The minimum atomic E-state index is -3.81. The van der Waals surface area contributed by atoms with Gasteiger partial charge in [-0.05, 0) is 48.5 Å². The van der Waals surface area contributed by atoms with Gasteiger partial charge in [-0.2, -0.15) is 5.26 Å². The molecule has 0 unspecified atom stereocenters. The monoisotopic (exact) mass is 398 g/mol. The van der Waals surface area contributed by atoms with Crippen molar-refractivity contribution in [2.45, 2.75) is 4.90 Å². The van der Waals surface area contributed by atoms with Crippen molar-refractivity contribution < 1.29 is 18.0 Å². The van der Waals surface area contributed by atoms with Crippen molar-refractivity contribution in [3.8, 4) is 6.07 Å². The molecule has 144 valence electrons. The van der Waals surface area contributed by atoms with Gasteiger partial charge in [0.15, 0.2) is 0 Å². The molecule has 1 saturated heterocycles. The van der Waals surface area contributed by atoms with Crippen LogP contribution in [0.5, 0.6) is 0 Å². The molecule has 28 heavy (non-hydrogen) atoms. The zero-order valence-electron chi connectivity index (χ0n) is 14.9. The lowest BCUT2D eigenvalue weighted by molar-refractivity contribution is -0.119. The second kappa shape index (κ2) is 8.10. The van der Waals surface area contributed by atoms with E-state index in [2.05, 4.69) is 4.72 Å². The molecule has 1 N–H and O–H groups in total. The van der Waals surface area contributed by atoms with Crippen molar-refractivity contribution in [1.82, 2.24) is 9.80 Å². The van der Waals surface area contributed by atoms with Crippen LogP contribution < -0.4 is 4.72 Å². The molecule has 8 nitrogen and oxygen atoms in total. The lowest BCUT2D eigenvalue weighted by Crippen LogP contribution is -2.48. The van der Waals surface area contributed by atoms with Gasteiger partial charge in [0.25, 0.3) is 15.9 Å². The number of piperazine rings is 1. The summed E-state index contributed by atoms with van der Waals surface area (Å²) in [5, 5.41) is 8.79. The molecule has 1 aliphatic heterocycles. The van der Waals surface area contributed by atoms with E-state index in [1.807, 2.05) is 6.07 Å². The fourth-order valence-corrected chi connectivity index (χ4v) is 3.88. The fraction of sp³-hybridized carbons (Fsp3) is 0.211. The van der Waals surface area contributed by atoms with E-state index in [9.17, 15) is 18.0 Å². The molecular formula is C19H18N4O4S. The zero-order chi connectivity index (χ0) is 20.1. The van der Waals surface area contributed by atoms with Gasteiger partial charge in [0, 0.05) is 37.4 Å². The molecule has 0 spiro atoms. The van der Waals surface area contributed by atoms with Crippen LogP contribution >= 0.6 is 0 Å². The molecule has 0 radical (unpaired) electrons. The summed E-state index contributed by atoms with van der Waals surface area (Å²) in [6.45, 7) is 1.85. The third-order valence-corrected chi connectivity index (χ3v) is 5.83. The van der Waals surface area contributed by atoms with Gasteiger partial charge in [-0.3, -0.25) is 14.3 Å². The highest BCUT2D eigenvalue weighted by Gasteiger charge is 2.22. The third kappa shape index (κ3) is 4.29. The molecule has 3 rings (SSSR count). The van der Waals surface area contributed by atoms with Crippen LogP contribution in [0, 0.1) is 11.3 Å². The predicted molar refractivity (Wildman–Crippen MR) is 102 cm³/mol. The van der Waals surface area contributed by atoms with E-state index in [-0.39, 0.29) is 10.8 Å². The van der Waals surface area contributed by atoms with E-state index in [0.717, 1.165) is 6.41 Å². The second-order valence-corrected chi connectivity index (χ2v) is 7.94. The van der Waals surface area contributed by atoms with Gasteiger partial charge < -0.3 is 9.80 Å². The van der Waals surface area contributed by atoms with Gasteiger partial charge in [-0.15, -0.1) is 0 Å². The number of nitrogens with one attached hydrogen (secondary N) is 1. The Morgan fingerprint density at radius 1 is 1.00 bits per heavy atom. The third-order valence-electron chi connectivity index (χ3n) is 4.43. The first-order chi connectivity index (χ1) is 13.4. The van der Waals surface area contributed by atoms with Crippen molar-refractivity contribution in [2.24, 2.45) is 0 Å². The first-order valence-electron chi connectivity index (χ1n) is 8.54. The van der Waals surface area contributed by atoms with Crippen molar-refractivity contribution in [3.05, 3.63) is 59.7 Å². The lowest BCUT2D eigenvalue weighted by atomic mass is 10.2. The summed E-state index contributed by atoms with van der Waals surface area (Å²) in [7, 11) is -3.81. The predicted octanol–water partition coefficient (Wildman–Crippen LogP) is 1.27. The van der Waals surface area contributed by atoms with Gasteiger partial charge >= 0.3 is 0 Å². The molecule has 9 heteroatoms. The second-order valence-electron chi connectivity index (χ2n) is 6.25. The maximum atomic E-state index is 12.5. The number of hydrogen-bond acceptors (Lipinski definition) is 5. The van der Waals surface area contributed by atoms with Crippen LogP contribution in [0.4, 0.5) is 5.69 Å². The van der Waals surface area contributed by atoms with Crippen molar-refractivity contribution in [3.63, 3.8) is 0 Å². The summed E-state index contributed by atoms with van der Waals surface area (Å²) in [5.41, 5.74) is 1.16. The van der Waals surface area contributed by atoms with Gasteiger partial charge in [0.1, 0.15) is 0 Å². The van der Waals surface area contributed by atoms with Crippen LogP contribution in [-0.4, -0.2) is 56.7 Å². The number of carbonyl (C=O) groups is 2. The van der Waals surface area contributed by atoms with Gasteiger partial charge in [-0.25, -0.2) is 8.42 Å². The van der Waals surface area contributed by atoms with Crippen molar-refractivity contribution in [1.29, 1.82) is 5.26 Å². The van der Waals surface area contributed by atoms with E-state index in [0.29, 0.717) is 43.0 Å². The van der Waals surface area contributed by atoms with Crippen LogP contribution in [0.15, 0.2) is 53.4 Å². The first-order valence-corrected chi connectivity index (χ1v) is 10.0. The molecule has 0 bridgehead atoms. The van der Waals surface area contributed by atoms with Crippen LogP contribution in [0.1, 0.15) is 15.9 Å². The summed E-state index contributed by atoms with van der Waals surface area (Å²) in [6, 6.07) is 13.7. The average Bonchev–Trinajstić information content (AvgIpc) is 2.73. The summed E-state index contributed by atoms with van der Waals surface area (Å²) in [4.78, 5) is 26.6. The van der Waals surface area contributed by atoms with Crippen LogP contribution in [0.3, 0.4) is 0 Å². The fourth-order valence-electron chi connectivity index (χ4n) is 2.82. The zero-order valence-corrected chi connectivity index (χ0v) is 15.7. The summed E-state index contributed by atoms with van der Waals surface area (Å²) in [6.07, 6.45) is 0.766. The molecule has 0 aliphatic carbocycles. The Bertz CT molecular complexity index is 1000. The van der Waals surface area contributed by atoms with Crippen molar-refractivity contribution in [2.75, 3.05) is 30.9 Å². The van der Waals surface area contributed by atoms with E-state index in [4.69, 9.17) is 5.26 Å². The summed E-state index contributed by atoms with van der Waals surface area (Å²) < 4.78 is 27.4. The number of amides is 2. The van der Waals surface area contributed by atoms with E-state index >= 15 is 0 Å². The van der Waals surface area contributed by atoms with Crippen LogP contribution in [0.2, 0.25) is 0 Å². The lowest BCUT2D eigenvalue weighted by Gasteiger charge is -2.32. The Kier molecular flexibility index (Phi) is 5.61. The topological polar surface area (TPSA) is 111 Å². The van der Waals surface area contributed by atoms with Crippen LogP contribution in [-0.2, 0) is 14.8 Å². The molecule has 2 aromatic rings. The molecule has 1 aliphatic rings. The normalized spacial score (nSPS) is 14.2. The number of rotatable bonds is 5. The molecule has 2 amide bonds. The smallest absolute Gasteiger partial charge is 0.261 e. The summed E-state index contributed by atoms with van der Waals surface area (Å²) >= 11 is 0. The maximum Gasteiger partial charge on any atom is 0.261 e. The number of sulfonamides is 1. The minimum absolute atomic E-state index is 0.0270. The molecule has 0 atom stereocenters. The highest BCUT2D eigenvalue weighted by Crippen LogP contribution is 2.18. The quantitative estimate of drug-likeness (QED) is 0.763. The number of hydrogen-bond donors (Lipinski definition) is 1. The highest BCUT2D eigenvalue weighted by molar-refractivity contribution is 7.92. The Hall–Kier alpha value is -3.38. The maximum absolute atomic E-state index is 12.5. The number of nitriles is 1. The average molecular weight is 398 g/mol. The highest BCUT2D eigenvalue weighted by atomic mass is 32.2. The standard InChI is InChI=1S/C19H18N4O4S/c20-13-15-1-5-17(6-2-15)21-28(26,27)18-7-3-16(4-8-18)19(25)23-11-9-22(14-24)10-12-23/h1-8,14,21H,9-12H2. The van der Waals surface area contributed by atoms with E-state index < -0.39 is 10.0 Å².